The van der Waals surface area contributed by atoms with Crippen LogP contribution in [-0.2, 0) is 4.79 Å². The van der Waals surface area contributed by atoms with Crippen LogP contribution in [0, 0.1) is 0 Å². The van der Waals surface area contributed by atoms with Crippen molar-refractivity contribution in [1.29, 1.82) is 0 Å². The van der Waals surface area contributed by atoms with E-state index in [1.54, 1.807) is 0 Å². The number of hydrogen-bond acceptors (Lipinski definition) is 2. The molecule has 0 amide bonds. The highest BCUT2D eigenvalue weighted by atomic mass is 35.5. The molecule has 0 bridgehead atoms. The predicted octanol–water partition coefficient (Wildman–Crippen LogP) is 4.98. The standard InChI is InChI=1S/C15H9Cl3O3/c16-10-2-4-14(19)9(5-10)6-11(15(20)21)8-1-3-12(17)13(18)7-8/h1-7,19H,(H,20,21)/b11-6-. The summed E-state index contributed by atoms with van der Waals surface area (Å²) in [5, 5.41) is 20.1. The maximum absolute atomic E-state index is 11.4. The number of hydrogen-bond donors (Lipinski definition) is 2. The Labute approximate surface area is 136 Å². The lowest BCUT2D eigenvalue weighted by Crippen LogP contribution is -1.99. The number of aliphatic carboxylic acids is 1. The molecule has 6 heteroatoms. The Kier molecular flexibility index (Phi) is 4.78. The molecule has 0 saturated heterocycles. The maximum atomic E-state index is 11.4. The van der Waals surface area contributed by atoms with Gasteiger partial charge in [0.05, 0.1) is 15.6 Å². The van der Waals surface area contributed by atoms with E-state index in [4.69, 9.17) is 34.8 Å². The van der Waals surface area contributed by atoms with Crippen LogP contribution in [0.3, 0.4) is 0 Å². The zero-order valence-electron chi connectivity index (χ0n) is 10.5. The van der Waals surface area contributed by atoms with Crippen molar-refractivity contribution in [1.82, 2.24) is 0 Å². The lowest BCUT2D eigenvalue weighted by Gasteiger charge is -2.06. The van der Waals surface area contributed by atoms with Gasteiger partial charge >= 0.3 is 5.97 Å². The van der Waals surface area contributed by atoms with Crippen molar-refractivity contribution in [3.63, 3.8) is 0 Å². The summed E-state index contributed by atoms with van der Waals surface area (Å²) in [6, 6.07) is 8.86. The molecule has 0 heterocycles. The van der Waals surface area contributed by atoms with Gasteiger partial charge < -0.3 is 10.2 Å². The molecule has 0 unspecified atom stereocenters. The van der Waals surface area contributed by atoms with Crippen LogP contribution in [0.1, 0.15) is 11.1 Å². The minimum atomic E-state index is -1.16. The van der Waals surface area contributed by atoms with E-state index < -0.39 is 5.97 Å². The zero-order valence-corrected chi connectivity index (χ0v) is 12.7. The third kappa shape index (κ3) is 3.70. The van der Waals surface area contributed by atoms with E-state index in [0.29, 0.717) is 21.2 Å². The van der Waals surface area contributed by atoms with Crippen molar-refractivity contribution in [2.24, 2.45) is 0 Å². The van der Waals surface area contributed by atoms with Crippen LogP contribution in [-0.4, -0.2) is 16.2 Å². The van der Waals surface area contributed by atoms with E-state index in [-0.39, 0.29) is 16.3 Å². The predicted molar refractivity (Wildman–Crippen MR) is 85.1 cm³/mol. The monoisotopic (exact) mass is 342 g/mol. The van der Waals surface area contributed by atoms with Crippen molar-refractivity contribution >= 4 is 52.4 Å². The highest BCUT2D eigenvalue weighted by Gasteiger charge is 2.13. The zero-order chi connectivity index (χ0) is 15.6. The van der Waals surface area contributed by atoms with Gasteiger partial charge in [0, 0.05) is 10.6 Å². The molecule has 0 saturated carbocycles. The summed E-state index contributed by atoms with van der Waals surface area (Å²) in [4.78, 5) is 11.4. The summed E-state index contributed by atoms with van der Waals surface area (Å²) in [6.07, 6.45) is 1.32. The van der Waals surface area contributed by atoms with Crippen LogP contribution in [0.15, 0.2) is 36.4 Å². The van der Waals surface area contributed by atoms with E-state index in [1.165, 1.54) is 42.5 Å². The van der Waals surface area contributed by atoms with E-state index in [2.05, 4.69) is 0 Å². The summed E-state index contributed by atoms with van der Waals surface area (Å²) in [6.45, 7) is 0. The fraction of sp³-hybridized carbons (Fsp3) is 0. The molecule has 2 aromatic rings. The van der Waals surface area contributed by atoms with Crippen molar-refractivity contribution in [2.75, 3.05) is 0 Å². The molecule has 0 atom stereocenters. The van der Waals surface area contributed by atoms with Gasteiger partial charge in [-0.15, -0.1) is 0 Å². The Morgan fingerprint density at radius 2 is 1.71 bits per heavy atom. The van der Waals surface area contributed by atoms with Crippen LogP contribution in [0.25, 0.3) is 11.6 Å². The average molecular weight is 344 g/mol. The number of phenols is 1. The fourth-order valence-electron chi connectivity index (χ4n) is 1.73. The number of phenolic OH excluding ortho intramolecular Hbond substituents is 1. The van der Waals surface area contributed by atoms with Crippen LogP contribution >= 0.6 is 34.8 Å². The van der Waals surface area contributed by atoms with Gasteiger partial charge in [-0.05, 0) is 42.0 Å². The number of carbonyl (C=O) groups is 1. The minimum Gasteiger partial charge on any atom is -0.507 e. The van der Waals surface area contributed by atoms with E-state index >= 15 is 0 Å². The molecule has 0 aliphatic carbocycles. The Morgan fingerprint density at radius 1 is 1.00 bits per heavy atom. The maximum Gasteiger partial charge on any atom is 0.336 e. The van der Waals surface area contributed by atoms with Gasteiger partial charge in [0.25, 0.3) is 0 Å². The van der Waals surface area contributed by atoms with E-state index in [1.807, 2.05) is 0 Å². The molecule has 3 nitrogen and oxygen atoms in total. The smallest absolute Gasteiger partial charge is 0.336 e. The first-order valence-corrected chi connectivity index (χ1v) is 6.91. The third-order valence-corrected chi connectivity index (χ3v) is 3.72. The summed E-state index contributed by atoms with van der Waals surface area (Å²) in [7, 11) is 0. The van der Waals surface area contributed by atoms with Gasteiger partial charge in [-0.2, -0.15) is 0 Å². The molecule has 0 fully saturated rings. The lowest BCUT2D eigenvalue weighted by molar-refractivity contribution is -0.130. The van der Waals surface area contributed by atoms with E-state index in [9.17, 15) is 15.0 Å². The molecule has 0 radical (unpaired) electrons. The van der Waals surface area contributed by atoms with Crippen molar-refractivity contribution in [3.8, 4) is 5.75 Å². The number of carboxylic acids is 1. The van der Waals surface area contributed by atoms with Crippen LogP contribution < -0.4 is 0 Å². The largest absolute Gasteiger partial charge is 0.507 e. The molecule has 0 aromatic heterocycles. The molecule has 2 aromatic carbocycles. The average Bonchev–Trinajstić information content (AvgIpc) is 2.42. The van der Waals surface area contributed by atoms with Gasteiger partial charge in [0.2, 0.25) is 0 Å². The molecule has 2 N–H and O–H groups in total. The second-order valence-electron chi connectivity index (χ2n) is 4.20. The highest BCUT2D eigenvalue weighted by molar-refractivity contribution is 6.42. The molecule has 0 aliphatic heterocycles. The van der Waals surface area contributed by atoms with E-state index in [0.717, 1.165) is 0 Å². The molecule has 108 valence electrons. The Balaban J connectivity index is 2.57. The Morgan fingerprint density at radius 3 is 2.33 bits per heavy atom. The van der Waals surface area contributed by atoms with Crippen molar-refractivity contribution < 1.29 is 15.0 Å². The van der Waals surface area contributed by atoms with Crippen LogP contribution in [0.5, 0.6) is 5.75 Å². The summed E-state index contributed by atoms with van der Waals surface area (Å²) < 4.78 is 0. The van der Waals surface area contributed by atoms with Crippen molar-refractivity contribution in [2.45, 2.75) is 0 Å². The fourth-order valence-corrected chi connectivity index (χ4v) is 2.21. The molecule has 0 aliphatic rings. The first-order valence-electron chi connectivity index (χ1n) is 5.77. The second-order valence-corrected chi connectivity index (χ2v) is 5.45. The Hall–Kier alpha value is -1.68. The molecular weight excluding hydrogens is 335 g/mol. The van der Waals surface area contributed by atoms with Crippen LogP contribution in [0.4, 0.5) is 0 Å². The van der Waals surface area contributed by atoms with Gasteiger partial charge in [-0.3, -0.25) is 0 Å². The summed E-state index contributed by atoms with van der Waals surface area (Å²) in [5.74, 6) is -1.23. The van der Waals surface area contributed by atoms with Crippen molar-refractivity contribution in [3.05, 3.63) is 62.6 Å². The molecular formula is C15H9Cl3O3. The lowest BCUT2D eigenvalue weighted by atomic mass is 10.0. The normalized spacial score (nSPS) is 11.5. The number of carboxylic acid groups (broad SMARTS) is 1. The topological polar surface area (TPSA) is 57.5 Å². The summed E-state index contributed by atoms with van der Waals surface area (Å²) >= 11 is 17.6. The minimum absolute atomic E-state index is 0.0360. The number of rotatable bonds is 3. The van der Waals surface area contributed by atoms with Gasteiger partial charge in [-0.1, -0.05) is 40.9 Å². The first-order chi connectivity index (χ1) is 9.88. The third-order valence-electron chi connectivity index (χ3n) is 2.75. The first kappa shape index (κ1) is 15.7. The van der Waals surface area contributed by atoms with Crippen LogP contribution in [0.2, 0.25) is 15.1 Å². The number of benzene rings is 2. The van der Waals surface area contributed by atoms with Gasteiger partial charge in [-0.25, -0.2) is 4.79 Å². The molecule has 0 spiro atoms. The van der Waals surface area contributed by atoms with Gasteiger partial charge in [0.15, 0.2) is 0 Å². The number of aromatic hydroxyl groups is 1. The SMILES string of the molecule is O=C(O)/C(=C\c1cc(Cl)ccc1O)c1ccc(Cl)c(Cl)c1. The highest BCUT2D eigenvalue weighted by Crippen LogP contribution is 2.30. The molecule has 2 rings (SSSR count). The number of halogens is 3. The molecule has 21 heavy (non-hydrogen) atoms. The quantitative estimate of drug-likeness (QED) is 0.610. The van der Waals surface area contributed by atoms with Gasteiger partial charge in [0.1, 0.15) is 5.75 Å². The Bertz CT molecular complexity index is 739. The second kappa shape index (κ2) is 6.39. The summed E-state index contributed by atoms with van der Waals surface area (Å²) in [5.41, 5.74) is 0.633.